The molecule has 0 amide bonds. The predicted octanol–water partition coefficient (Wildman–Crippen LogP) is 2.43. The van der Waals surface area contributed by atoms with E-state index in [-0.39, 0.29) is 0 Å². The molecule has 0 saturated carbocycles. The van der Waals surface area contributed by atoms with E-state index in [0.29, 0.717) is 0 Å². The molecule has 0 aliphatic carbocycles. The highest BCUT2D eigenvalue weighted by atomic mass is 14.6. The molecule has 0 heterocycles. The summed E-state index contributed by atoms with van der Waals surface area (Å²) in [6, 6.07) is 15.0. The Balaban J connectivity index is 0.000000165. The summed E-state index contributed by atoms with van der Waals surface area (Å²) in [4.78, 5) is 0. The van der Waals surface area contributed by atoms with E-state index in [9.17, 15) is 0 Å². The van der Waals surface area contributed by atoms with Gasteiger partial charge >= 0.3 is 0 Å². The Morgan fingerprint density at radius 1 is 0.750 bits per heavy atom. The zero-order chi connectivity index (χ0) is 12.0. The van der Waals surface area contributed by atoms with Crippen LogP contribution in [0, 0.1) is 6.92 Å². The van der Waals surface area contributed by atoms with Gasteiger partial charge in [0.25, 0.3) is 0 Å². The van der Waals surface area contributed by atoms with Crippen LogP contribution in [-0.2, 0) is 0 Å². The lowest BCUT2D eigenvalue weighted by Crippen LogP contribution is -1.91. The van der Waals surface area contributed by atoms with Gasteiger partial charge in [0.15, 0.2) is 0 Å². The summed E-state index contributed by atoms with van der Waals surface area (Å²) in [5, 5.41) is 0. The summed E-state index contributed by atoms with van der Waals surface area (Å²) in [7, 11) is 0. The molecule has 0 aromatic heterocycles. The first-order chi connectivity index (χ1) is 7.59. The molecule has 2 aromatic carbocycles. The highest BCUT2D eigenvalue weighted by Gasteiger charge is 1.90. The van der Waals surface area contributed by atoms with Crippen LogP contribution in [0.2, 0.25) is 0 Å². The molecule has 0 fully saturated rings. The Morgan fingerprint density at radius 2 is 1.38 bits per heavy atom. The Hall–Kier alpha value is -2.16. The first-order valence-corrected chi connectivity index (χ1v) is 5.01. The van der Waals surface area contributed by atoms with Gasteiger partial charge in [-0.15, -0.1) is 0 Å². The molecular weight excluding hydrogens is 198 g/mol. The van der Waals surface area contributed by atoms with Gasteiger partial charge in [0, 0.05) is 17.1 Å². The van der Waals surface area contributed by atoms with Crippen LogP contribution in [0.25, 0.3) is 0 Å². The van der Waals surface area contributed by atoms with Crippen molar-refractivity contribution in [1.29, 1.82) is 0 Å². The molecule has 16 heavy (non-hydrogen) atoms. The van der Waals surface area contributed by atoms with Crippen molar-refractivity contribution in [2.45, 2.75) is 6.92 Å². The topological polar surface area (TPSA) is 78.1 Å². The van der Waals surface area contributed by atoms with Crippen molar-refractivity contribution >= 4 is 17.1 Å². The van der Waals surface area contributed by atoms with Gasteiger partial charge in [-0.25, -0.2) is 0 Å². The lowest BCUT2D eigenvalue weighted by Gasteiger charge is -1.98. The molecule has 0 spiro atoms. The summed E-state index contributed by atoms with van der Waals surface area (Å²) in [6.45, 7) is 1.95. The summed E-state index contributed by atoms with van der Waals surface area (Å²) < 4.78 is 0. The molecule has 0 unspecified atom stereocenters. The number of nitrogen functional groups attached to an aromatic ring is 3. The van der Waals surface area contributed by atoms with E-state index < -0.39 is 0 Å². The Morgan fingerprint density at radius 3 is 1.75 bits per heavy atom. The van der Waals surface area contributed by atoms with E-state index in [2.05, 4.69) is 0 Å². The fourth-order valence-electron chi connectivity index (χ4n) is 1.11. The van der Waals surface area contributed by atoms with Gasteiger partial charge in [0.1, 0.15) is 0 Å². The molecule has 0 aliphatic heterocycles. The zero-order valence-electron chi connectivity index (χ0n) is 9.35. The lowest BCUT2D eigenvalue weighted by molar-refractivity contribution is 1.47. The summed E-state index contributed by atoms with van der Waals surface area (Å²) in [5.41, 5.74) is 19.7. The number of hydrogen-bond acceptors (Lipinski definition) is 3. The molecule has 3 heteroatoms. The fraction of sp³-hybridized carbons (Fsp3) is 0.0769. The third-order valence-corrected chi connectivity index (χ3v) is 2.10. The van der Waals surface area contributed by atoms with Crippen molar-refractivity contribution in [2.75, 3.05) is 17.2 Å². The highest BCUT2D eigenvalue weighted by Crippen LogP contribution is 2.13. The Labute approximate surface area is 95.9 Å². The molecule has 2 aromatic rings. The van der Waals surface area contributed by atoms with Crippen LogP contribution in [0.4, 0.5) is 17.1 Å². The van der Waals surface area contributed by atoms with Crippen LogP contribution in [0.5, 0.6) is 0 Å². The summed E-state index contributed by atoms with van der Waals surface area (Å²) in [5.74, 6) is 0. The zero-order valence-corrected chi connectivity index (χ0v) is 9.35. The lowest BCUT2D eigenvalue weighted by atomic mass is 10.2. The molecule has 0 radical (unpaired) electrons. The van der Waals surface area contributed by atoms with Gasteiger partial charge in [-0.1, -0.05) is 24.3 Å². The van der Waals surface area contributed by atoms with E-state index in [1.54, 1.807) is 6.07 Å². The van der Waals surface area contributed by atoms with E-state index in [4.69, 9.17) is 17.2 Å². The third-order valence-electron chi connectivity index (χ3n) is 2.10. The second-order valence-corrected chi connectivity index (χ2v) is 3.53. The first kappa shape index (κ1) is 11.9. The van der Waals surface area contributed by atoms with Crippen molar-refractivity contribution in [3.63, 3.8) is 0 Å². The largest absolute Gasteiger partial charge is 0.399 e. The first-order valence-electron chi connectivity index (χ1n) is 5.01. The number of nitrogens with two attached hydrogens (primary N) is 3. The maximum Gasteiger partial charge on any atom is 0.0364 e. The predicted molar refractivity (Wildman–Crippen MR) is 70.9 cm³/mol. The number of rotatable bonds is 0. The molecular formula is C13H17N3. The molecule has 0 saturated heterocycles. The molecule has 6 N–H and O–H groups in total. The van der Waals surface area contributed by atoms with E-state index in [1.165, 1.54) is 0 Å². The summed E-state index contributed by atoms with van der Waals surface area (Å²) in [6.07, 6.45) is 0. The molecule has 3 nitrogen and oxygen atoms in total. The van der Waals surface area contributed by atoms with E-state index in [0.717, 1.165) is 22.6 Å². The normalized spacial score (nSPS) is 9.06. The van der Waals surface area contributed by atoms with E-state index in [1.807, 2.05) is 49.4 Å². The maximum absolute atomic E-state index is 5.54. The number of aryl methyl sites for hydroxylation is 1. The van der Waals surface area contributed by atoms with Crippen LogP contribution in [-0.4, -0.2) is 0 Å². The smallest absolute Gasteiger partial charge is 0.0364 e. The molecule has 0 atom stereocenters. The van der Waals surface area contributed by atoms with Gasteiger partial charge in [0.2, 0.25) is 0 Å². The Kier molecular flexibility index (Phi) is 4.21. The minimum Gasteiger partial charge on any atom is -0.399 e. The fourth-order valence-corrected chi connectivity index (χ4v) is 1.11. The standard InChI is InChI=1S/C7H10N2.C6H7N/c1-5-2-3-6(8)4-7(5)9;7-6-4-2-1-3-5-6/h2-4H,8-9H2,1H3;1-5H,7H2. The third kappa shape index (κ3) is 3.92. The number of anilines is 3. The van der Waals surface area contributed by atoms with Crippen molar-refractivity contribution in [3.8, 4) is 0 Å². The monoisotopic (exact) mass is 215 g/mol. The SMILES string of the molecule is Cc1ccc(N)cc1N.Nc1ccccc1. The van der Waals surface area contributed by atoms with Crippen LogP contribution in [0.3, 0.4) is 0 Å². The number of para-hydroxylation sites is 1. The summed E-state index contributed by atoms with van der Waals surface area (Å²) >= 11 is 0. The van der Waals surface area contributed by atoms with Crippen molar-refractivity contribution in [2.24, 2.45) is 0 Å². The van der Waals surface area contributed by atoms with Crippen LogP contribution in [0.1, 0.15) is 5.56 Å². The van der Waals surface area contributed by atoms with E-state index >= 15 is 0 Å². The average molecular weight is 215 g/mol. The van der Waals surface area contributed by atoms with Gasteiger partial charge < -0.3 is 17.2 Å². The number of hydrogen-bond donors (Lipinski definition) is 3. The van der Waals surface area contributed by atoms with Crippen LogP contribution in [0.15, 0.2) is 48.5 Å². The average Bonchev–Trinajstić information content (AvgIpc) is 2.26. The van der Waals surface area contributed by atoms with Gasteiger partial charge in [-0.05, 0) is 36.8 Å². The van der Waals surface area contributed by atoms with Gasteiger partial charge in [-0.2, -0.15) is 0 Å². The second-order valence-electron chi connectivity index (χ2n) is 3.53. The van der Waals surface area contributed by atoms with Crippen molar-refractivity contribution in [3.05, 3.63) is 54.1 Å². The number of benzene rings is 2. The quantitative estimate of drug-likeness (QED) is 0.590. The van der Waals surface area contributed by atoms with Crippen LogP contribution < -0.4 is 17.2 Å². The second kappa shape index (κ2) is 5.66. The Bertz CT molecular complexity index is 438. The molecule has 84 valence electrons. The van der Waals surface area contributed by atoms with Gasteiger partial charge in [-0.3, -0.25) is 0 Å². The molecule has 2 rings (SSSR count). The molecule has 0 aliphatic rings. The van der Waals surface area contributed by atoms with Crippen molar-refractivity contribution < 1.29 is 0 Å². The van der Waals surface area contributed by atoms with Crippen LogP contribution >= 0.6 is 0 Å². The van der Waals surface area contributed by atoms with Crippen molar-refractivity contribution in [1.82, 2.24) is 0 Å². The minimum absolute atomic E-state index is 0.720. The highest BCUT2D eigenvalue weighted by molar-refractivity contribution is 5.55. The van der Waals surface area contributed by atoms with Gasteiger partial charge in [0.05, 0.1) is 0 Å². The maximum atomic E-state index is 5.54. The molecule has 0 bridgehead atoms. The minimum atomic E-state index is 0.720.